The lowest BCUT2D eigenvalue weighted by Crippen LogP contribution is -2.41. The minimum absolute atomic E-state index is 0.0454. The van der Waals surface area contributed by atoms with Crippen LogP contribution in [0.3, 0.4) is 0 Å². The molecule has 0 saturated carbocycles. The summed E-state index contributed by atoms with van der Waals surface area (Å²) < 4.78 is 25.2. The highest BCUT2D eigenvalue weighted by Gasteiger charge is 2.22. The molecule has 0 aliphatic heterocycles. The van der Waals surface area contributed by atoms with E-state index in [9.17, 15) is 18.3 Å². The van der Waals surface area contributed by atoms with Gasteiger partial charge in [-0.2, -0.15) is 0 Å². The molecule has 0 bridgehead atoms. The molecule has 1 unspecified atom stereocenters. The summed E-state index contributed by atoms with van der Waals surface area (Å²) in [7, 11) is -3.50. The predicted octanol–water partition coefficient (Wildman–Crippen LogP) is 0.322. The first-order valence-corrected chi connectivity index (χ1v) is 7.25. The van der Waals surface area contributed by atoms with Crippen LogP contribution in [0.4, 0.5) is 0 Å². The van der Waals surface area contributed by atoms with Crippen molar-refractivity contribution in [2.75, 3.05) is 12.3 Å². The van der Waals surface area contributed by atoms with Crippen molar-refractivity contribution in [3.63, 3.8) is 0 Å². The van der Waals surface area contributed by atoms with Crippen LogP contribution in [0, 0.1) is 0 Å². The standard InChI is InChI=1S/C10H21NO5S/c1-3-6-10(2,14)8-11-17(15,16)7-4-5-9(12)13/h11,14H,3-8H2,1-2H3,(H,12,13). The van der Waals surface area contributed by atoms with Crippen LogP contribution in [0.1, 0.15) is 39.5 Å². The van der Waals surface area contributed by atoms with Crippen molar-refractivity contribution in [2.45, 2.75) is 45.1 Å². The number of nitrogens with one attached hydrogen (secondary N) is 1. The van der Waals surface area contributed by atoms with E-state index in [0.29, 0.717) is 6.42 Å². The maximum atomic E-state index is 11.4. The van der Waals surface area contributed by atoms with Gasteiger partial charge in [-0.15, -0.1) is 0 Å². The maximum absolute atomic E-state index is 11.4. The molecule has 0 amide bonds. The fourth-order valence-corrected chi connectivity index (χ4v) is 2.58. The topological polar surface area (TPSA) is 104 Å². The van der Waals surface area contributed by atoms with E-state index < -0.39 is 21.6 Å². The molecule has 6 nitrogen and oxygen atoms in total. The average molecular weight is 267 g/mol. The van der Waals surface area contributed by atoms with E-state index in [2.05, 4.69) is 4.72 Å². The van der Waals surface area contributed by atoms with Crippen molar-refractivity contribution in [1.29, 1.82) is 0 Å². The van der Waals surface area contributed by atoms with E-state index in [-0.39, 0.29) is 25.1 Å². The highest BCUT2D eigenvalue weighted by molar-refractivity contribution is 7.89. The second-order valence-corrected chi connectivity index (χ2v) is 6.31. The maximum Gasteiger partial charge on any atom is 0.303 e. The minimum Gasteiger partial charge on any atom is -0.481 e. The van der Waals surface area contributed by atoms with Gasteiger partial charge in [0.25, 0.3) is 0 Å². The first kappa shape index (κ1) is 16.3. The zero-order valence-corrected chi connectivity index (χ0v) is 11.1. The quantitative estimate of drug-likeness (QED) is 0.558. The predicted molar refractivity (Wildman–Crippen MR) is 64.2 cm³/mol. The summed E-state index contributed by atoms with van der Waals surface area (Å²) in [5, 5.41) is 18.2. The number of carboxylic acids is 1. The van der Waals surface area contributed by atoms with Crippen molar-refractivity contribution in [3.8, 4) is 0 Å². The summed E-state index contributed by atoms with van der Waals surface area (Å²) in [5.41, 5.74) is -1.06. The molecule has 0 aromatic rings. The van der Waals surface area contributed by atoms with Crippen LogP contribution < -0.4 is 4.72 Å². The largest absolute Gasteiger partial charge is 0.481 e. The molecule has 0 aliphatic rings. The summed E-state index contributed by atoms with van der Waals surface area (Å²) in [5.74, 6) is -1.25. The molecule has 0 spiro atoms. The van der Waals surface area contributed by atoms with Gasteiger partial charge in [-0.1, -0.05) is 13.3 Å². The van der Waals surface area contributed by atoms with E-state index in [1.165, 1.54) is 0 Å². The van der Waals surface area contributed by atoms with E-state index in [4.69, 9.17) is 5.11 Å². The van der Waals surface area contributed by atoms with E-state index in [1.807, 2.05) is 6.92 Å². The van der Waals surface area contributed by atoms with Crippen LogP contribution in [0.5, 0.6) is 0 Å². The van der Waals surface area contributed by atoms with Crippen LogP contribution in [0.25, 0.3) is 0 Å². The van der Waals surface area contributed by atoms with Crippen LogP contribution in [-0.4, -0.2) is 42.5 Å². The highest BCUT2D eigenvalue weighted by Crippen LogP contribution is 2.10. The van der Waals surface area contributed by atoms with Crippen LogP contribution in [0.15, 0.2) is 0 Å². The third-order valence-corrected chi connectivity index (χ3v) is 3.68. The summed E-state index contributed by atoms with van der Waals surface area (Å²) in [6.07, 6.45) is 1.16. The zero-order chi connectivity index (χ0) is 13.5. The number of carboxylic acid groups (broad SMARTS) is 1. The Morgan fingerprint density at radius 2 is 2.00 bits per heavy atom. The van der Waals surface area contributed by atoms with Gasteiger partial charge in [0.2, 0.25) is 10.0 Å². The number of hydrogen-bond donors (Lipinski definition) is 3. The molecule has 0 heterocycles. The molecule has 0 aromatic carbocycles. The number of carbonyl (C=O) groups is 1. The summed E-state index contributed by atoms with van der Waals surface area (Å²) in [6.45, 7) is 3.42. The van der Waals surface area contributed by atoms with Gasteiger partial charge in [-0.3, -0.25) is 4.79 Å². The Bertz CT molecular complexity index is 337. The third-order valence-electron chi connectivity index (χ3n) is 2.27. The van der Waals surface area contributed by atoms with Gasteiger partial charge in [-0.05, 0) is 19.8 Å². The summed E-state index contributed by atoms with van der Waals surface area (Å²) in [4.78, 5) is 10.2. The van der Waals surface area contributed by atoms with Crippen molar-refractivity contribution in [2.24, 2.45) is 0 Å². The molecular weight excluding hydrogens is 246 g/mol. The molecule has 1 atom stereocenters. The van der Waals surface area contributed by atoms with Gasteiger partial charge >= 0.3 is 5.97 Å². The molecule has 0 fully saturated rings. The van der Waals surface area contributed by atoms with Crippen molar-refractivity contribution >= 4 is 16.0 Å². The Hall–Kier alpha value is -0.660. The van der Waals surface area contributed by atoms with Gasteiger partial charge < -0.3 is 10.2 Å². The summed E-state index contributed by atoms with van der Waals surface area (Å²) in [6, 6.07) is 0. The van der Waals surface area contributed by atoms with Crippen molar-refractivity contribution in [1.82, 2.24) is 4.72 Å². The third kappa shape index (κ3) is 9.08. The van der Waals surface area contributed by atoms with Gasteiger partial charge in [0, 0.05) is 13.0 Å². The lowest BCUT2D eigenvalue weighted by atomic mass is 10.0. The number of hydrogen-bond acceptors (Lipinski definition) is 4. The van der Waals surface area contributed by atoms with Gasteiger partial charge in [-0.25, -0.2) is 13.1 Å². The molecule has 0 saturated heterocycles. The molecule has 102 valence electrons. The Morgan fingerprint density at radius 1 is 1.41 bits per heavy atom. The first-order chi connectivity index (χ1) is 7.68. The van der Waals surface area contributed by atoms with Crippen molar-refractivity contribution < 1.29 is 23.4 Å². The van der Waals surface area contributed by atoms with Crippen LogP contribution in [0.2, 0.25) is 0 Å². The molecule has 0 rings (SSSR count). The Labute approximate surface area is 102 Å². The molecule has 0 radical (unpaired) electrons. The van der Waals surface area contributed by atoms with Gasteiger partial charge in [0.05, 0.1) is 11.4 Å². The lowest BCUT2D eigenvalue weighted by molar-refractivity contribution is -0.137. The molecular formula is C10H21NO5S. The molecule has 17 heavy (non-hydrogen) atoms. The van der Waals surface area contributed by atoms with Crippen LogP contribution >= 0.6 is 0 Å². The normalized spacial score (nSPS) is 15.5. The fourth-order valence-electron chi connectivity index (χ4n) is 1.38. The van der Waals surface area contributed by atoms with Gasteiger partial charge in [0.1, 0.15) is 0 Å². The highest BCUT2D eigenvalue weighted by atomic mass is 32.2. The van der Waals surface area contributed by atoms with Crippen molar-refractivity contribution in [3.05, 3.63) is 0 Å². The van der Waals surface area contributed by atoms with Crippen LogP contribution in [-0.2, 0) is 14.8 Å². The minimum atomic E-state index is -3.50. The van der Waals surface area contributed by atoms with E-state index >= 15 is 0 Å². The number of aliphatic hydroxyl groups is 1. The summed E-state index contributed by atoms with van der Waals surface area (Å²) >= 11 is 0. The Kier molecular flexibility index (Phi) is 6.66. The monoisotopic (exact) mass is 267 g/mol. The Balaban J connectivity index is 4.05. The van der Waals surface area contributed by atoms with Gasteiger partial charge in [0.15, 0.2) is 0 Å². The second kappa shape index (κ2) is 6.93. The fraction of sp³-hybridized carbons (Fsp3) is 0.900. The first-order valence-electron chi connectivity index (χ1n) is 5.60. The molecule has 7 heteroatoms. The average Bonchev–Trinajstić information content (AvgIpc) is 2.14. The number of rotatable bonds is 9. The second-order valence-electron chi connectivity index (χ2n) is 4.38. The zero-order valence-electron chi connectivity index (χ0n) is 10.3. The molecule has 0 aromatic heterocycles. The van der Waals surface area contributed by atoms with E-state index in [0.717, 1.165) is 6.42 Å². The molecule has 0 aliphatic carbocycles. The van der Waals surface area contributed by atoms with E-state index in [1.54, 1.807) is 6.92 Å². The number of aliphatic carboxylic acids is 1. The number of sulfonamides is 1. The smallest absolute Gasteiger partial charge is 0.303 e. The Morgan fingerprint density at radius 3 is 2.47 bits per heavy atom. The SMILES string of the molecule is CCCC(C)(O)CNS(=O)(=O)CCCC(=O)O. The lowest BCUT2D eigenvalue weighted by Gasteiger charge is -2.22. The molecule has 3 N–H and O–H groups in total.